The van der Waals surface area contributed by atoms with Crippen molar-refractivity contribution in [3.05, 3.63) is 52.6 Å². The van der Waals surface area contributed by atoms with Gasteiger partial charge in [0, 0.05) is 37.3 Å². The van der Waals surface area contributed by atoms with E-state index in [4.69, 9.17) is 14.0 Å². The van der Waals surface area contributed by atoms with Crippen molar-refractivity contribution in [3.8, 4) is 34.3 Å². The van der Waals surface area contributed by atoms with E-state index in [1.165, 1.54) is 6.07 Å². The van der Waals surface area contributed by atoms with Gasteiger partial charge in [0.25, 0.3) is 5.89 Å². The second-order valence-electron chi connectivity index (χ2n) is 8.34. The molecule has 0 N–H and O–H groups in total. The lowest BCUT2D eigenvalue weighted by Gasteiger charge is -2.29. The number of ether oxygens (including phenoxy) is 2. The number of halogens is 1. The van der Waals surface area contributed by atoms with Crippen LogP contribution < -0.4 is 19.8 Å². The Morgan fingerprint density at radius 2 is 1.85 bits per heavy atom. The number of benzene rings is 2. The number of aryl methyl sites for hydroxylation is 1. The number of pyridine rings is 1. The smallest absolute Gasteiger partial charge is 0.263 e. The molecule has 1 fully saturated rings. The summed E-state index contributed by atoms with van der Waals surface area (Å²) >= 11 is 0. The highest BCUT2D eigenvalue weighted by Crippen LogP contribution is 2.35. The molecule has 0 aliphatic carbocycles. The summed E-state index contributed by atoms with van der Waals surface area (Å²) in [7, 11) is 1.82. The maximum absolute atomic E-state index is 15.0. The van der Waals surface area contributed by atoms with Crippen molar-refractivity contribution >= 4 is 16.6 Å². The van der Waals surface area contributed by atoms with Gasteiger partial charge in [0.15, 0.2) is 11.5 Å². The van der Waals surface area contributed by atoms with Gasteiger partial charge in [0.1, 0.15) is 11.4 Å². The zero-order chi connectivity index (χ0) is 22.5. The predicted octanol–water partition coefficient (Wildman–Crippen LogP) is 4.11. The maximum Gasteiger partial charge on any atom is 0.263 e. The molecule has 4 aromatic rings. The molecule has 2 aromatic heterocycles. The molecule has 33 heavy (non-hydrogen) atoms. The number of hydrogen-bond acceptors (Lipinski definition) is 7. The second-order valence-corrected chi connectivity index (χ2v) is 8.34. The molecule has 0 spiro atoms. The van der Waals surface area contributed by atoms with Crippen molar-refractivity contribution in [2.45, 2.75) is 19.3 Å². The summed E-state index contributed by atoms with van der Waals surface area (Å²) in [6.07, 6.45) is 4.89. The highest BCUT2D eigenvalue weighted by atomic mass is 19.1. The van der Waals surface area contributed by atoms with Crippen LogP contribution >= 0.6 is 0 Å². The first-order valence-electron chi connectivity index (χ1n) is 10.9. The van der Waals surface area contributed by atoms with Crippen LogP contribution in [0.1, 0.15) is 19.3 Å². The summed E-state index contributed by atoms with van der Waals surface area (Å²) in [5.41, 5.74) is 1.72. The van der Waals surface area contributed by atoms with E-state index in [1.54, 1.807) is 35.0 Å². The molecule has 2 aromatic carbocycles. The van der Waals surface area contributed by atoms with Crippen LogP contribution in [0.5, 0.6) is 11.5 Å². The standard InChI is InChI=1S/C24H21FN4O4/c1-28-12-16(24-26-23(27-33-24)14-5-6-20-21(9-14)32-13-31-20)22(30)15-10-17(25)19(11-18(15)28)29-7-3-2-4-8-29/h5-6,9-12H,2-4,7-8,13H2,1H3. The van der Waals surface area contributed by atoms with Gasteiger partial charge in [0.05, 0.1) is 11.2 Å². The zero-order valence-corrected chi connectivity index (χ0v) is 18.0. The molecular formula is C24H21FN4O4. The van der Waals surface area contributed by atoms with Crippen molar-refractivity contribution in [1.82, 2.24) is 14.7 Å². The third-order valence-electron chi connectivity index (χ3n) is 6.24. The van der Waals surface area contributed by atoms with E-state index >= 15 is 4.39 Å². The number of rotatable bonds is 3. The Morgan fingerprint density at radius 3 is 2.70 bits per heavy atom. The summed E-state index contributed by atoms with van der Waals surface area (Å²) < 4.78 is 33.0. The molecule has 0 saturated carbocycles. The topological polar surface area (TPSA) is 82.6 Å². The second kappa shape index (κ2) is 7.61. The Hall–Kier alpha value is -3.88. The first kappa shape index (κ1) is 19.8. The van der Waals surface area contributed by atoms with Crippen LogP contribution in [0.25, 0.3) is 33.7 Å². The monoisotopic (exact) mass is 448 g/mol. The van der Waals surface area contributed by atoms with Crippen molar-refractivity contribution in [3.63, 3.8) is 0 Å². The molecule has 0 amide bonds. The molecule has 168 valence electrons. The molecule has 1 saturated heterocycles. The van der Waals surface area contributed by atoms with Crippen LogP contribution in [-0.2, 0) is 7.05 Å². The fourth-order valence-electron chi connectivity index (χ4n) is 4.51. The van der Waals surface area contributed by atoms with E-state index in [0.717, 1.165) is 32.4 Å². The molecule has 0 radical (unpaired) electrons. The van der Waals surface area contributed by atoms with E-state index in [1.807, 2.05) is 11.9 Å². The molecule has 2 aliphatic heterocycles. The minimum Gasteiger partial charge on any atom is -0.454 e. The van der Waals surface area contributed by atoms with E-state index in [-0.39, 0.29) is 29.1 Å². The fourth-order valence-corrected chi connectivity index (χ4v) is 4.51. The zero-order valence-electron chi connectivity index (χ0n) is 18.0. The van der Waals surface area contributed by atoms with Gasteiger partial charge in [0.2, 0.25) is 18.0 Å². The average molecular weight is 448 g/mol. The van der Waals surface area contributed by atoms with Crippen molar-refractivity contribution in [2.75, 3.05) is 24.8 Å². The van der Waals surface area contributed by atoms with E-state index in [2.05, 4.69) is 10.1 Å². The number of aromatic nitrogens is 3. The van der Waals surface area contributed by atoms with Crippen LogP contribution in [-0.4, -0.2) is 34.6 Å². The lowest BCUT2D eigenvalue weighted by Crippen LogP contribution is -2.30. The Kier molecular flexibility index (Phi) is 4.56. The van der Waals surface area contributed by atoms with Gasteiger partial charge in [-0.15, -0.1) is 0 Å². The van der Waals surface area contributed by atoms with Gasteiger partial charge in [-0.2, -0.15) is 4.98 Å². The third kappa shape index (κ3) is 3.31. The lowest BCUT2D eigenvalue weighted by molar-refractivity contribution is 0.174. The maximum atomic E-state index is 15.0. The molecule has 4 heterocycles. The van der Waals surface area contributed by atoms with Gasteiger partial charge in [-0.25, -0.2) is 4.39 Å². The molecule has 9 heteroatoms. The Balaban J connectivity index is 1.41. The summed E-state index contributed by atoms with van der Waals surface area (Å²) in [4.78, 5) is 19.7. The van der Waals surface area contributed by atoms with Crippen LogP contribution in [0.2, 0.25) is 0 Å². The highest BCUT2D eigenvalue weighted by Gasteiger charge is 2.22. The fraction of sp³-hybridized carbons (Fsp3) is 0.292. The first-order valence-corrected chi connectivity index (χ1v) is 10.9. The number of anilines is 1. The average Bonchev–Trinajstić information content (AvgIpc) is 3.51. The van der Waals surface area contributed by atoms with Crippen LogP contribution in [0.15, 0.2) is 45.8 Å². The molecule has 0 bridgehead atoms. The molecular weight excluding hydrogens is 427 g/mol. The molecule has 2 aliphatic rings. The Bertz CT molecular complexity index is 1440. The summed E-state index contributed by atoms with van der Waals surface area (Å²) in [6, 6.07) is 8.39. The lowest BCUT2D eigenvalue weighted by atomic mass is 10.1. The minimum atomic E-state index is -0.398. The quantitative estimate of drug-likeness (QED) is 0.466. The van der Waals surface area contributed by atoms with Gasteiger partial charge in [-0.05, 0) is 49.6 Å². The third-order valence-corrected chi connectivity index (χ3v) is 6.24. The van der Waals surface area contributed by atoms with Gasteiger partial charge in [-0.1, -0.05) is 5.16 Å². The van der Waals surface area contributed by atoms with Gasteiger partial charge < -0.3 is 23.5 Å². The van der Waals surface area contributed by atoms with Gasteiger partial charge in [-0.3, -0.25) is 4.79 Å². The van der Waals surface area contributed by atoms with Crippen molar-refractivity contribution in [1.29, 1.82) is 0 Å². The number of nitrogens with zero attached hydrogens (tertiary/aromatic N) is 4. The molecule has 0 atom stereocenters. The number of fused-ring (bicyclic) bond motifs is 2. The van der Waals surface area contributed by atoms with Crippen molar-refractivity contribution < 1.29 is 18.4 Å². The normalized spacial score (nSPS) is 15.4. The Labute approximate surface area is 188 Å². The molecule has 8 nitrogen and oxygen atoms in total. The summed E-state index contributed by atoms with van der Waals surface area (Å²) in [5.74, 6) is 1.24. The first-order chi connectivity index (χ1) is 16.1. The highest BCUT2D eigenvalue weighted by molar-refractivity contribution is 5.86. The van der Waals surface area contributed by atoms with Crippen LogP contribution in [0.3, 0.4) is 0 Å². The SMILES string of the molecule is Cn1cc(-c2nc(-c3ccc4c(c3)OCO4)no2)c(=O)c2cc(F)c(N3CCCCC3)cc21. The van der Waals surface area contributed by atoms with E-state index in [0.29, 0.717) is 34.1 Å². The molecule has 0 unspecified atom stereocenters. The van der Waals surface area contributed by atoms with Crippen LogP contribution in [0, 0.1) is 5.82 Å². The van der Waals surface area contributed by atoms with Crippen molar-refractivity contribution in [2.24, 2.45) is 7.05 Å². The largest absolute Gasteiger partial charge is 0.454 e. The number of piperidine rings is 1. The molecule has 6 rings (SSSR count). The van der Waals surface area contributed by atoms with Gasteiger partial charge >= 0.3 is 0 Å². The Morgan fingerprint density at radius 1 is 1.03 bits per heavy atom. The van der Waals surface area contributed by atoms with Crippen LogP contribution in [0.4, 0.5) is 10.1 Å². The minimum absolute atomic E-state index is 0.0747. The van der Waals surface area contributed by atoms with E-state index in [9.17, 15) is 4.79 Å². The predicted molar refractivity (Wildman–Crippen MR) is 120 cm³/mol. The summed E-state index contributed by atoms with van der Waals surface area (Å²) in [6.45, 7) is 1.80. The number of hydrogen-bond donors (Lipinski definition) is 0. The van der Waals surface area contributed by atoms with E-state index < -0.39 is 5.82 Å². The summed E-state index contributed by atoms with van der Waals surface area (Å²) in [5, 5.41) is 4.29.